The number of halogens is 1. The summed E-state index contributed by atoms with van der Waals surface area (Å²) in [5.74, 6) is 1.81. The predicted molar refractivity (Wildman–Crippen MR) is 125 cm³/mol. The van der Waals surface area contributed by atoms with Gasteiger partial charge in [0.25, 0.3) is 5.91 Å². The topological polar surface area (TPSA) is 51.1 Å². The monoisotopic (exact) mass is 474 g/mol. The maximum Gasteiger partial charge on any atom is 0.282 e. The maximum atomic E-state index is 13.5. The van der Waals surface area contributed by atoms with Crippen molar-refractivity contribution in [1.82, 2.24) is 0 Å². The van der Waals surface area contributed by atoms with Crippen LogP contribution >= 0.6 is 15.9 Å². The number of fused-ring (bicyclic) bond motifs is 1. The van der Waals surface area contributed by atoms with Crippen molar-refractivity contribution in [3.8, 4) is 11.5 Å². The normalized spacial score (nSPS) is 16.2. The number of carbonyl (C=O) groups excluding carboxylic acids is 1. The van der Waals surface area contributed by atoms with Gasteiger partial charge in [-0.1, -0.05) is 40.2 Å². The number of aliphatic imine (C=N–C) groups is 1. The highest BCUT2D eigenvalue weighted by atomic mass is 79.9. The molecule has 3 aromatic carbocycles. The highest BCUT2D eigenvalue weighted by Gasteiger charge is 2.32. The van der Waals surface area contributed by atoms with Gasteiger partial charge in [0.2, 0.25) is 6.79 Å². The van der Waals surface area contributed by atoms with Crippen molar-refractivity contribution in [3.63, 3.8) is 0 Å². The Morgan fingerprint density at radius 2 is 1.65 bits per heavy atom. The van der Waals surface area contributed by atoms with Crippen LogP contribution in [0.3, 0.4) is 0 Å². The zero-order valence-electron chi connectivity index (χ0n) is 17.1. The number of anilines is 1. The number of rotatable bonds is 3. The molecule has 1 amide bonds. The minimum Gasteiger partial charge on any atom is -0.454 e. The van der Waals surface area contributed by atoms with Crippen LogP contribution < -0.4 is 14.4 Å². The Balaban J connectivity index is 1.61. The molecule has 0 radical (unpaired) electrons. The van der Waals surface area contributed by atoms with E-state index >= 15 is 0 Å². The van der Waals surface area contributed by atoms with Crippen LogP contribution in [0.1, 0.15) is 22.3 Å². The zero-order valence-corrected chi connectivity index (χ0v) is 18.6. The van der Waals surface area contributed by atoms with E-state index in [-0.39, 0.29) is 12.7 Å². The molecule has 0 unspecified atom stereocenters. The molecule has 0 saturated heterocycles. The number of carbonyl (C=O) groups is 1. The van der Waals surface area contributed by atoms with Gasteiger partial charge in [-0.2, -0.15) is 0 Å². The van der Waals surface area contributed by atoms with E-state index in [1.165, 1.54) is 0 Å². The second kappa shape index (κ2) is 7.71. The number of benzene rings is 3. The van der Waals surface area contributed by atoms with Crippen LogP contribution in [-0.2, 0) is 4.79 Å². The molecule has 5 rings (SSSR count). The van der Waals surface area contributed by atoms with Crippen molar-refractivity contribution < 1.29 is 14.3 Å². The highest BCUT2D eigenvalue weighted by Crippen LogP contribution is 2.34. The molecule has 0 N–H and O–H groups in total. The molecular weight excluding hydrogens is 456 g/mol. The van der Waals surface area contributed by atoms with E-state index in [9.17, 15) is 4.79 Å². The molecule has 0 saturated carbocycles. The van der Waals surface area contributed by atoms with E-state index in [0.717, 1.165) is 32.4 Å². The van der Waals surface area contributed by atoms with E-state index in [0.29, 0.717) is 23.0 Å². The van der Waals surface area contributed by atoms with Gasteiger partial charge in [-0.15, -0.1) is 0 Å². The lowest BCUT2D eigenvalue weighted by Crippen LogP contribution is -2.32. The lowest BCUT2D eigenvalue weighted by molar-refractivity contribution is -0.113. The van der Waals surface area contributed by atoms with Gasteiger partial charge in [0, 0.05) is 10.0 Å². The summed E-state index contributed by atoms with van der Waals surface area (Å²) < 4.78 is 11.8. The number of aryl methyl sites for hydroxylation is 2. The van der Waals surface area contributed by atoms with Gasteiger partial charge in [0.1, 0.15) is 11.5 Å². The van der Waals surface area contributed by atoms with E-state index in [2.05, 4.69) is 22.0 Å². The van der Waals surface area contributed by atoms with Crippen LogP contribution in [0, 0.1) is 13.8 Å². The number of ether oxygens (including phenoxy) is 2. The molecule has 0 bridgehead atoms. The second-order valence-electron chi connectivity index (χ2n) is 7.57. The minimum atomic E-state index is -0.166. The molecule has 6 heteroatoms. The predicted octanol–water partition coefficient (Wildman–Crippen LogP) is 5.63. The second-order valence-corrected chi connectivity index (χ2v) is 8.49. The molecule has 2 aliphatic rings. The summed E-state index contributed by atoms with van der Waals surface area (Å²) in [6, 6.07) is 19.5. The van der Waals surface area contributed by atoms with Crippen LogP contribution in [-0.4, -0.2) is 18.5 Å². The first-order chi connectivity index (χ1) is 15.0. The van der Waals surface area contributed by atoms with Crippen molar-refractivity contribution >= 4 is 39.4 Å². The summed E-state index contributed by atoms with van der Waals surface area (Å²) in [5, 5.41) is 0. The van der Waals surface area contributed by atoms with Crippen molar-refractivity contribution in [2.75, 3.05) is 11.7 Å². The van der Waals surface area contributed by atoms with Gasteiger partial charge < -0.3 is 9.47 Å². The van der Waals surface area contributed by atoms with E-state index in [4.69, 9.17) is 14.5 Å². The van der Waals surface area contributed by atoms with Gasteiger partial charge in [0.15, 0.2) is 11.5 Å². The number of nitrogens with zero attached hydrogens (tertiary/aromatic N) is 2. The summed E-state index contributed by atoms with van der Waals surface area (Å²) >= 11 is 3.47. The average molecular weight is 475 g/mol. The van der Waals surface area contributed by atoms with Crippen LogP contribution in [0.5, 0.6) is 11.5 Å². The molecule has 2 aliphatic heterocycles. The maximum absolute atomic E-state index is 13.5. The number of hydrogen-bond acceptors (Lipinski definition) is 4. The third kappa shape index (κ3) is 3.75. The van der Waals surface area contributed by atoms with E-state index in [1.54, 1.807) is 11.0 Å². The van der Waals surface area contributed by atoms with Crippen LogP contribution in [0.4, 0.5) is 5.69 Å². The fourth-order valence-electron chi connectivity index (χ4n) is 3.79. The van der Waals surface area contributed by atoms with Gasteiger partial charge >= 0.3 is 0 Å². The van der Waals surface area contributed by atoms with Crippen molar-refractivity contribution in [1.29, 1.82) is 0 Å². The molecule has 0 aliphatic carbocycles. The van der Waals surface area contributed by atoms with Gasteiger partial charge in [-0.25, -0.2) is 4.99 Å². The first-order valence-electron chi connectivity index (χ1n) is 9.87. The summed E-state index contributed by atoms with van der Waals surface area (Å²) in [5.41, 5.74) is 5.05. The third-order valence-corrected chi connectivity index (χ3v) is 5.66. The molecule has 0 atom stereocenters. The quantitative estimate of drug-likeness (QED) is 0.462. The summed E-state index contributed by atoms with van der Waals surface area (Å²) in [6.45, 7) is 4.26. The molecule has 0 spiro atoms. The molecule has 154 valence electrons. The standard InChI is InChI=1S/C25H19BrN2O3/c1-15-9-16(2)11-20(10-15)28-24(18-4-6-19(26)7-5-18)27-21(25(28)29)12-17-3-8-22-23(13-17)31-14-30-22/h3-13H,14H2,1-2H3/b21-12-. The summed E-state index contributed by atoms with van der Waals surface area (Å²) in [7, 11) is 0. The van der Waals surface area contributed by atoms with Gasteiger partial charge in [-0.3, -0.25) is 9.69 Å². The Kier molecular flexibility index (Phi) is 4.87. The molecular formula is C25H19BrN2O3. The van der Waals surface area contributed by atoms with Crippen LogP contribution in [0.15, 0.2) is 75.8 Å². The zero-order chi connectivity index (χ0) is 21.5. The molecule has 0 fully saturated rings. The Bertz CT molecular complexity index is 1240. The average Bonchev–Trinajstić information content (AvgIpc) is 3.32. The van der Waals surface area contributed by atoms with E-state index < -0.39 is 0 Å². The fraction of sp³-hybridized carbons (Fsp3) is 0.120. The first kappa shape index (κ1) is 19.6. The Morgan fingerprint density at radius 3 is 2.39 bits per heavy atom. The van der Waals surface area contributed by atoms with Crippen molar-refractivity contribution in [2.24, 2.45) is 4.99 Å². The lowest BCUT2D eigenvalue weighted by atomic mass is 10.1. The van der Waals surface area contributed by atoms with Crippen LogP contribution in [0.2, 0.25) is 0 Å². The van der Waals surface area contributed by atoms with Gasteiger partial charge in [-0.05, 0) is 73.0 Å². The lowest BCUT2D eigenvalue weighted by Gasteiger charge is -2.20. The number of amidine groups is 1. The highest BCUT2D eigenvalue weighted by molar-refractivity contribution is 9.10. The van der Waals surface area contributed by atoms with Crippen molar-refractivity contribution in [2.45, 2.75) is 13.8 Å². The van der Waals surface area contributed by atoms with Crippen molar-refractivity contribution in [3.05, 3.63) is 93.1 Å². The largest absolute Gasteiger partial charge is 0.454 e. The van der Waals surface area contributed by atoms with Gasteiger partial charge in [0.05, 0.1) is 5.69 Å². The number of amides is 1. The fourth-order valence-corrected chi connectivity index (χ4v) is 4.05. The first-order valence-corrected chi connectivity index (χ1v) is 10.7. The SMILES string of the molecule is Cc1cc(C)cc(N2C(=O)/C(=C/c3ccc4c(c3)OCO4)N=C2c2ccc(Br)cc2)c1. The summed E-state index contributed by atoms with van der Waals surface area (Å²) in [4.78, 5) is 19.9. The third-order valence-electron chi connectivity index (χ3n) is 5.13. The molecule has 3 aromatic rings. The molecule has 0 aromatic heterocycles. The minimum absolute atomic E-state index is 0.166. The molecule has 5 nitrogen and oxygen atoms in total. The molecule has 2 heterocycles. The van der Waals surface area contributed by atoms with Crippen LogP contribution in [0.25, 0.3) is 6.08 Å². The Hall–Kier alpha value is -3.38. The molecule has 31 heavy (non-hydrogen) atoms. The Labute approximate surface area is 188 Å². The summed E-state index contributed by atoms with van der Waals surface area (Å²) in [6.07, 6.45) is 1.78. The van der Waals surface area contributed by atoms with E-state index in [1.807, 2.05) is 68.4 Å². The number of hydrogen-bond donors (Lipinski definition) is 0. The smallest absolute Gasteiger partial charge is 0.282 e. The Morgan fingerprint density at radius 1 is 0.935 bits per heavy atom.